The van der Waals surface area contributed by atoms with E-state index in [9.17, 15) is 0 Å². The Morgan fingerprint density at radius 3 is 1.79 bits per heavy atom. The highest BCUT2D eigenvalue weighted by Gasteiger charge is 2.19. The Kier molecular flexibility index (Phi) is 4.38. The van der Waals surface area contributed by atoms with E-state index >= 15 is 0 Å². The fourth-order valence-electron chi connectivity index (χ4n) is 3.56. The van der Waals surface area contributed by atoms with Crippen LogP contribution < -0.4 is 22.9 Å². The first-order chi connectivity index (χ1) is 13.6. The van der Waals surface area contributed by atoms with E-state index in [-0.39, 0.29) is 0 Å². The molecule has 0 unspecified atom stereocenters. The van der Waals surface area contributed by atoms with Crippen LogP contribution in [0, 0.1) is 0 Å². The topological polar surface area (TPSA) is 104 Å². The molecular weight excluding hydrogens is 344 g/mol. The second-order valence-corrected chi connectivity index (χ2v) is 6.75. The molecule has 4 nitrogen and oxygen atoms in total. The fraction of sp³-hybridized carbons (Fsp3) is 0. The molecule has 0 amide bonds. The van der Waals surface area contributed by atoms with Gasteiger partial charge in [0.1, 0.15) is 0 Å². The number of hydrogen-bond acceptors (Lipinski definition) is 4. The van der Waals surface area contributed by atoms with Gasteiger partial charge in [0.25, 0.3) is 0 Å². The second kappa shape index (κ2) is 7.00. The molecule has 0 bridgehead atoms. The van der Waals surface area contributed by atoms with Crippen LogP contribution in [0.15, 0.2) is 84.9 Å². The normalized spacial score (nSPS) is 10.7. The average molecular weight is 366 g/mol. The maximum Gasteiger partial charge on any atom is 0.0501 e. The summed E-state index contributed by atoms with van der Waals surface area (Å²) in [6, 6.07) is 27.3. The maximum atomic E-state index is 6.73. The first kappa shape index (κ1) is 17.5. The molecule has 0 atom stereocenters. The Morgan fingerprint density at radius 2 is 1.11 bits per heavy atom. The summed E-state index contributed by atoms with van der Waals surface area (Å²) in [4.78, 5) is 0. The third-order valence-corrected chi connectivity index (χ3v) is 4.91. The lowest BCUT2D eigenvalue weighted by atomic mass is 9.87. The summed E-state index contributed by atoms with van der Waals surface area (Å²) in [5.74, 6) is 0. The van der Waals surface area contributed by atoms with Crippen molar-refractivity contribution in [1.29, 1.82) is 0 Å². The van der Waals surface area contributed by atoms with E-state index < -0.39 is 0 Å². The molecule has 8 N–H and O–H groups in total. The van der Waals surface area contributed by atoms with Crippen LogP contribution in [0.5, 0.6) is 0 Å². The highest BCUT2D eigenvalue weighted by Crippen LogP contribution is 2.46. The molecule has 4 aromatic carbocycles. The van der Waals surface area contributed by atoms with Crippen molar-refractivity contribution < 1.29 is 0 Å². The first-order valence-electron chi connectivity index (χ1n) is 9.04. The van der Waals surface area contributed by atoms with Crippen LogP contribution in [0.3, 0.4) is 0 Å². The largest absolute Gasteiger partial charge is 0.399 e. The Balaban J connectivity index is 2.06. The monoisotopic (exact) mass is 366 g/mol. The molecule has 4 rings (SSSR count). The van der Waals surface area contributed by atoms with Crippen LogP contribution in [0.25, 0.3) is 33.4 Å². The summed E-state index contributed by atoms with van der Waals surface area (Å²) in [6.07, 6.45) is 0. The zero-order valence-corrected chi connectivity index (χ0v) is 15.4. The van der Waals surface area contributed by atoms with Gasteiger partial charge in [-0.3, -0.25) is 0 Å². The SMILES string of the molecule is Nc1ccc(-c2c(-c3ccccc3)cc(N)c(-c3ccccc3N)c2N)cc1. The Bertz CT molecular complexity index is 1130. The molecule has 4 heteroatoms. The predicted molar refractivity (Wildman–Crippen MR) is 120 cm³/mol. The predicted octanol–water partition coefficient (Wildman–Crippen LogP) is 5.02. The molecule has 138 valence electrons. The second-order valence-electron chi connectivity index (χ2n) is 6.75. The van der Waals surface area contributed by atoms with Gasteiger partial charge in [-0.15, -0.1) is 0 Å². The number of para-hydroxylation sites is 1. The smallest absolute Gasteiger partial charge is 0.0501 e. The van der Waals surface area contributed by atoms with Gasteiger partial charge < -0.3 is 22.9 Å². The molecule has 0 aromatic heterocycles. The highest BCUT2D eigenvalue weighted by molar-refractivity contribution is 6.04. The van der Waals surface area contributed by atoms with Crippen LogP contribution in [0.4, 0.5) is 22.7 Å². The fourth-order valence-corrected chi connectivity index (χ4v) is 3.56. The van der Waals surface area contributed by atoms with Gasteiger partial charge in [-0.1, -0.05) is 60.7 Å². The molecule has 0 radical (unpaired) electrons. The van der Waals surface area contributed by atoms with Gasteiger partial charge in [-0.2, -0.15) is 0 Å². The van der Waals surface area contributed by atoms with E-state index in [0.717, 1.165) is 33.4 Å². The van der Waals surface area contributed by atoms with Gasteiger partial charge in [-0.25, -0.2) is 0 Å². The number of nitrogens with two attached hydrogens (primary N) is 4. The van der Waals surface area contributed by atoms with E-state index in [0.29, 0.717) is 22.7 Å². The molecule has 28 heavy (non-hydrogen) atoms. The maximum absolute atomic E-state index is 6.73. The summed E-state index contributed by atoms with van der Waals surface area (Å²) in [5.41, 5.74) is 33.3. The van der Waals surface area contributed by atoms with E-state index in [2.05, 4.69) is 0 Å². The third-order valence-electron chi connectivity index (χ3n) is 4.91. The van der Waals surface area contributed by atoms with Crippen molar-refractivity contribution >= 4 is 22.7 Å². The molecule has 0 aliphatic carbocycles. The highest BCUT2D eigenvalue weighted by atomic mass is 14.7. The lowest BCUT2D eigenvalue weighted by Crippen LogP contribution is -2.03. The summed E-state index contributed by atoms with van der Waals surface area (Å²) in [6.45, 7) is 0. The quantitative estimate of drug-likeness (QED) is 0.382. The van der Waals surface area contributed by atoms with Crippen molar-refractivity contribution in [3.63, 3.8) is 0 Å². The van der Waals surface area contributed by atoms with Crippen LogP contribution >= 0.6 is 0 Å². The van der Waals surface area contributed by atoms with Crippen LogP contribution in [-0.2, 0) is 0 Å². The van der Waals surface area contributed by atoms with Gasteiger partial charge in [0.05, 0.1) is 5.69 Å². The molecule has 0 aliphatic rings. The van der Waals surface area contributed by atoms with Gasteiger partial charge in [0, 0.05) is 33.8 Å². The summed E-state index contributed by atoms with van der Waals surface area (Å²) in [5, 5.41) is 0. The lowest BCUT2D eigenvalue weighted by Gasteiger charge is -2.20. The third kappa shape index (κ3) is 3.01. The van der Waals surface area contributed by atoms with Gasteiger partial charge in [-0.05, 0) is 41.0 Å². The van der Waals surface area contributed by atoms with Crippen molar-refractivity contribution in [2.24, 2.45) is 0 Å². The molecule has 4 aromatic rings. The van der Waals surface area contributed by atoms with Crippen LogP contribution in [0.1, 0.15) is 0 Å². The molecule has 0 saturated carbocycles. The average Bonchev–Trinajstić information content (AvgIpc) is 2.71. The van der Waals surface area contributed by atoms with Gasteiger partial charge in [0.2, 0.25) is 0 Å². The van der Waals surface area contributed by atoms with Crippen molar-refractivity contribution in [1.82, 2.24) is 0 Å². The first-order valence-corrected chi connectivity index (χ1v) is 9.04. The minimum absolute atomic E-state index is 0.591. The molecular formula is C24H22N4. The van der Waals surface area contributed by atoms with E-state index in [1.54, 1.807) is 0 Å². The van der Waals surface area contributed by atoms with E-state index in [1.807, 2.05) is 84.9 Å². The zero-order valence-electron chi connectivity index (χ0n) is 15.4. The van der Waals surface area contributed by atoms with E-state index in [1.165, 1.54) is 0 Å². The Hall–Kier alpha value is -3.92. The zero-order chi connectivity index (χ0) is 19.7. The minimum atomic E-state index is 0.591. The van der Waals surface area contributed by atoms with Gasteiger partial charge in [0.15, 0.2) is 0 Å². The van der Waals surface area contributed by atoms with Gasteiger partial charge >= 0.3 is 0 Å². The molecule has 0 fully saturated rings. The Morgan fingerprint density at radius 1 is 0.464 bits per heavy atom. The number of benzene rings is 4. The van der Waals surface area contributed by atoms with Crippen molar-refractivity contribution in [3.8, 4) is 33.4 Å². The van der Waals surface area contributed by atoms with Crippen molar-refractivity contribution in [2.75, 3.05) is 22.9 Å². The van der Waals surface area contributed by atoms with Crippen molar-refractivity contribution in [3.05, 3.63) is 84.9 Å². The van der Waals surface area contributed by atoms with Crippen molar-refractivity contribution in [2.45, 2.75) is 0 Å². The number of rotatable bonds is 3. The Labute approximate surface area is 164 Å². The molecule has 0 aliphatic heterocycles. The number of nitrogen functional groups attached to an aromatic ring is 4. The van der Waals surface area contributed by atoms with E-state index in [4.69, 9.17) is 22.9 Å². The minimum Gasteiger partial charge on any atom is -0.399 e. The molecule has 0 spiro atoms. The number of anilines is 4. The summed E-state index contributed by atoms with van der Waals surface area (Å²) in [7, 11) is 0. The molecule has 0 heterocycles. The summed E-state index contributed by atoms with van der Waals surface area (Å²) >= 11 is 0. The standard InChI is InChI=1S/C24H22N4/c25-17-12-10-16(11-13-17)22-19(15-6-2-1-3-7-15)14-21(27)23(24(22)28)18-8-4-5-9-20(18)26/h1-14H,25-28H2. The summed E-state index contributed by atoms with van der Waals surface area (Å²) < 4.78 is 0. The lowest BCUT2D eigenvalue weighted by molar-refractivity contribution is 1.55. The number of hydrogen-bond donors (Lipinski definition) is 4. The van der Waals surface area contributed by atoms with Crippen LogP contribution in [0.2, 0.25) is 0 Å². The van der Waals surface area contributed by atoms with Crippen LogP contribution in [-0.4, -0.2) is 0 Å². The molecule has 0 saturated heterocycles.